The van der Waals surface area contributed by atoms with Crippen LogP contribution in [0.1, 0.15) is 18.4 Å². The molecule has 166 valence electrons. The highest BCUT2D eigenvalue weighted by Gasteiger charge is 2.44. The molecule has 0 aliphatic carbocycles. The molecule has 2 saturated heterocycles. The second-order valence-electron chi connectivity index (χ2n) is 8.61. The van der Waals surface area contributed by atoms with Gasteiger partial charge in [0, 0.05) is 43.4 Å². The summed E-state index contributed by atoms with van der Waals surface area (Å²) < 4.78 is 11.8. The Labute approximate surface area is 189 Å². The van der Waals surface area contributed by atoms with Gasteiger partial charge in [0.1, 0.15) is 11.9 Å². The number of halogens is 1. The minimum Gasteiger partial charge on any atom is -0.497 e. The zero-order valence-electron chi connectivity index (χ0n) is 18.1. The number of carbonyl (C=O) groups excluding carboxylic acids is 1. The van der Waals surface area contributed by atoms with E-state index in [9.17, 15) is 4.79 Å². The number of nitrogens with zero attached hydrogens (tertiary/aromatic N) is 2. The Kier molecular flexibility index (Phi) is 6.82. The van der Waals surface area contributed by atoms with Crippen LogP contribution in [0.25, 0.3) is 0 Å². The fraction of sp³-hybridized carbons (Fsp3) is 0.458. The van der Waals surface area contributed by atoms with Gasteiger partial charge < -0.3 is 19.7 Å². The van der Waals surface area contributed by atoms with Gasteiger partial charge in [-0.05, 0) is 55.8 Å². The summed E-state index contributed by atoms with van der Waals surface area (Å²) >= 11 is 6.04. The Morgan fingerprint density at radius 3 is 2.74 bits per heavy atom. The van der Waals surface area contributed by atoms with Gasteiger partial charge in [0.05, 0.1) is 12.7 Å². The Morgan fingerprint density at radius 1 is 1.23 bits per heavy atom. The predicted octanol–water partition coefficient (Wildman–Crippen LogP) is 3.65. The molecule has 2 fully saturated rings. The molecule has 2 heterocycles. The summed E-state index contributed by atoms with van der Waals surface area (Å²) in [5.74, 6) is 0.767. The highest BCUT2D eigenvalue weighted by atomic mass is 35.5. The molecule has 1 atom stereocenters. The van der Waals surface area contributed by atoms with Crippen LogP contribution in [0.5, 0.6) is 5.75 Å². The molecule has 0 aromatic heterocycles. The molecule has 1 amide bonds. The van der Waals surface area contributed by atoms with E-state index in [1.807, 2.05) is 24.3 Å². The SMILES string of the molecule is COc1cccc(CN2CCC3(CC2)CN(C)C[C@H](C(=O)Nc2cccc(Cl)c2)O3)c1. The maximum atomic E-state index is 12.9. The maximum absolute atomic E-state index is 12.9. The standard InChI is InChI=1S/C24H30ClN3O3/c1-27-16-22(23(29)26-20-7-4-6-19(25)14-20)31-24(17-27)9-11-28(12-10-24)15-18-5-3-8-21(13-18)30-2/h3-8,13-14,22H,9-12,15-17H2,1-2H3,(H,26,29)/t22-/m1/s1. The number of methoxy groups -OCH3 is 1. The highest BCUT2D eigenvalue weighted by Crippen LogP contribution is 2.33. The monoisotopic (exact) mass is 443 g/mol. The minimum absolute atomic E-state index is 0.119. The van der Waals surface area contributed by atoms with Crippen LogP contribution in [0.15, 0.2) is 48.5 Å². The molecule has 0 unspecified atom stereocenters. The number of morpholine rings is 1. The average Bonchev–Trinajstić information content (AvgIpc) is 2.75. The fourth-order valence-electron chi connectivity index (χ4n) is 4.56. The third-order valence-corrected chi connectivity index (χ3v) is 6.36. The lowest BCUT2D eigenvalue weighted by atomic mass is 9.88. The van der Waals surface area contributed by atoms with Gasteiger partial charge in [-0.3, -0.25) is 9.69 Å². The summed E-state index contributed by atoms with van der Waals surface area (Å²) in [4.78, 5) is 17.5. The Balaban J connectivity index is 1.36. The number of likely N-dealkylation sites (N-methyl/N-ethyl adjacent to an activating group) is 1. The van der Waals surface area contributed by atoms with Gasteiger partial charge in [0.2, 0.25) is 0 Å². The average molecular weight is 444 g/mol. The van der Waals surface area contributed by atoms with Crippen LogP contribution in [-0.2, 0) is 16.1 Å². The van der Waals surface area contributed by atoms with E-state index in [2.05, 4.69) is 34.3 Å². The van der Waals surface area contributed by atoms with Crippen molar-refractivity contribution in [2.45, 2.75) is 31.1 Å². The molecule has 0 bridgehead atoms. The Bertz CT molecular complexity index is 914. The lowest BCUT2D eigenvalue weighted by molar-refractivity contribution is -0.178. The number of benzene rings is 2. The van der Waals surface area contributed by atoms with Crippen LogP contribution in [0.2, 0.25) is 5.02 Å². The van der Waals surface area contributed by atoms with Gasteiger partial charge in [-0.1, -0.05) is 29.8 Å². The second-order valence-corrected chi connectivity index (χ2v) is 9.05. The van der Waals surface area contributed by atoms with E-state index in [0.29, 0.717) is 17.3 Å². The highest BCUT2D eigenvalue weighted by molar-refractivity contribution is 6.30. The number of amides is 1. The summed E-state index contributed by atoms with van der Waals surface area (Å²) in [7, 11) is 3.76. The number of carbonyl (C=O) groups is 1. The first kappa shape index (κ1) is 22.1. The number of hydrogen-bond acceptors (Lipinski definition) is 5. The topological polar surface area (TPSA) is 54.0 Å². The number of nitrogens with one attached hydrogen (secondary N) is 1. The summed E-state index contributed by atoms with van der Waals surface area (Å²) in [6.07, 6.45) is 1.31. The third kappa shape index (κ3) is 5.57. The van der Waals surface area contributed by atoms with Crippen LogP contribution >= 0.6 is 11.6 Å². The number of hydrogen-bond donors (Lipinski definition) is 1. The van der Waals surface area contributed by atoms with E-state index >= 15 is 0 Å². The molecule has 2 aliphatic heterocycles. The minimum atomic E-state index is -0.498. The van der Waals surface area contributed by atoms with Gasteiger partial charge in [-0.25, -0.2) is 0 Å². The summed E-state index contributed by atoms with van der Waals surface area (Å²) in [5, 5.41) is 3.55. The zero-order chi connectivity index (χ0) is 21.8. The van der Waals surface area contributed by atoms with Gasteiger partial charge in [0.25, 0.3) is 5.91 Å². The lowest BCUT2D eigenvalue weighted by Gasteiger charge is -2.48. The first-order chi connectivity index (χ1) is 14.9. The summed E-state index contributed by atoms with van der Waals surface area (Å²) in [6, 6.07) is 15.4. The molecule has 6 nitrogen and oxygen atoms in total. The van der Waals surface area contributed by atoms with Gasteiger partial charge in [-0.15, -0.1) is 0 Å². The molecule has 31 heavy (non-hydrogen) atoms. The normalized spacial score (nSPS) is 21.7. The van der Waals surface area contributed by atoms with Gasteiger partial charge >= 0.3 is 0 Å². The largest absolute Gasteiger partial charge is 0.497 e. The van der Waals surface area contributed by atoms with Crippen molar-refractivity contribution in [2.24, 2.45) is 0 Å². The van der Waals surface area contributed by atoms with Crippen LogP contribution in [-0.4, -0.2) is 67.7 Å². The first-order valence-electron chi connectivity index (χ1n) is 10.7. The summed E-state index contributed by atoms with van der Waals surface area (Å²) in [6.45, 7) is 4.20. The van der Waals surface area contributed by atoms with E-state index in [1.54, 1.807) is 19.2 Å². The number of anilines is 1. The molecule has 2 aliphatic rings. The number of ether oxygens (including phenoxy) is 2. The van der Waals surface area contributed by atoms with Crippen LogP contribution in [0.4, 0.5) is 5.69 Å². The molecule has 7 heteroatoms. The van der Waals surface area contributed by atoms with Crippen molar-refractivity contribution in [3.8, 4) is 5.75 Å². The Morgan fingerprint density at radius 2 is 2.00 bits per heavy atom. The van der Waals surface area contributed by atoms with E-state index in [-0.39, 0.29) is 11.5 Å². The van der Waals surface area contributed by atoms with Crippen molar-refractivity contribution >= 4 is 23.2 Å². The van der Waals surface area contributed by atoms with Crippen LogP contribution in [0, 0.1) is 0 Å². The number of rotatable bonds is 5. The van der Waals surface area contributed by atoms with Crippen LogP contribution in [0.3, 0.4) is 0 Å². The zero-order valence-corrected chi connectivity index (χ0v) is 18.9. The molecular formula is C24H30ClN3O3. The maximum Gasteiger partial charge on any atom is 0.254 e. The molecular weight excluding hydrogens is 414 g/mol. The molecule has 1 spiro atoms. The van der Waals surface area contributed by atoms with Crippen molar-refractivity contribution < 1.29 is 14.3 Å². The predicted molar refractivity (Wildman–Crippen MR) is 123 cm³/mol. The van der Waals surface area contributed by atoms with Crippen molar-refractivity contribution in [3.05, 3.63) is 59.1 Å². The van der Waals surface area contributed by atoms with Gasteiger partial charge in [0.15, 0.2) is 0 Å². The molecule has 2 aromatic carbocycles. The van der Waals surface area contributed by atoms with E-state index < -0.39 is 6.10 Å². The molecule has 4 rings (SSSR count). The van der Waals surface area contributed by atoms with Crippen molar-refractivity contribution in [2.75, 3.05) is 45.7 Å². The van der Waals surface area contributed by atoms with Crippen LogP contribution < -0.4 is 10.1 Å². The van der Waals surface area contributed by atoms with Crippen molar-refractivity contribution in [3.63, 3.8) is 0 Å². The van der Waals surface area contributed by atoms with E-state index in [1.165, 1.54) is 5.56 Å². The molecule has 0 saturated carbocycles. The Hall–Kier alpha value is -2.12. The molecule has 0 radical (unpaired) electrons. The van der Waals surface area contributed by atoms with Gasteiger partial charge in [-0.2, -0.15) is 0 Å². The summed E-state index contributed by atoms with van der Waals surface area (Å²) in [5.41, 5.74) is 1.65. The van der Waals surface area contributed by atoms with Crippen molar-refractivity contribution in [1.29, 1.82) is 0 Å². The molecule has 2 aromatic rings. The van der Waals surface area contributed by atoms with Crippen molar-refractivity contribution in [1.82, 2.24) is 9.80 Å². The lowest BCUT2D eigenvalue weighted by Crippen LogP contribution is -2.60. The number of likely N-dealkylation sites (tertiary alicyclic amines) is 1. The second kappa shape index (κ2) is 9.57. The molecule has 1 N–H and O–H groups in total. The number of piperidine rings is 1. The fourth-order valence-corrected chi connectivity index (χ4v) is 4.76. The third-order valence-electron chi connectivity index (χ3n) is 6.12. The first-order valence-corrected chi connectivity index (χ1v) is 11.1. The smallest absolute Gasteiger partial charge is 0.254 e. The van der Waals surface area contributed by atoms with E-state index in [4.69, 9.17) is 21.1 Å². The quantitative estimate of drug-likeness (QED) is 0.764. The van der Waals surface area contributed by atoms with E-state index in [0.717, 1.165) is 44.8 Å².